The summed E-state index contributed by atoms with van der Waals surface area (Å²) in [6, 6.07) is 33.7. The fraction of sp³-hybridized carbons (Fsp3) is 0.139. The number of carbonyl (C=O) groups is 2. The molecule has 0 amide bonds. The Bertz CT molecular complexity index is 5460. The third-order valence-corrected chi connectivity index (χ3v) is 23.8. The number of aromatic nitrogens is 3. The molecule has 0 aliphatic carbocycles. The van der Waals surface area contributed by atoms with E-state index in [9.17, 15) is 43.3 Å². The Morgan fingerprint density at radius 3 is 0.781 bits per heavy atom. The van der Waals surface area contributed by atoms with Gasteiger partial charge in [-0.1, -0.05) is 71.0 Å². The zero-order chi connectivity index (χ0) is 75.0. The summed E-state index contributed by atoms with van der Waals surface area (Å²) in [6.45, 7) is 4.20. The molecule has 26 heteroatoms. The smallest absolute Gasteiger partial charge is 0.338 e. The average molecular weight is 2160 g/mol. The van der Waals surface area contributed by atoms with Crippen molar-refractivity contribution in [1.82, 2.24) is 0 Å². The van der Waals surface area contributed by atoms with E-state index in [0.29, 0.717) is 74.5 Å². The van der Waals surface area contributed by atoms with Crippen LogP contribution in [-0.4, -0.2) is 83.8 Å². The first kappa shape index (κ1) is 90.4. The molecule has 0 atom stereocenters. The predicted molar refractivity (Wildman–Crippen MR) is 462 cm³/mol. The van der Waals surface area contributed by atoms with Gasteiger partial charge >= 0.3 is 11.9 Å². The van der Waals surface area contributed by atoms with Gasteiger partial charge in [0.25, 0.3) is 0 Å². The SMILES string of the molecule is CCOC(=O)c1ccc(I)c(C#Cc2cc(C#Cc3cc(C(=O)OCC)ccc3I)c[n+](C)c2)c1.C[n+]1cc(C#Cc2cc(S(C)(=O)=O)ccc2I)c(N)c(C#Cc2cc(S(C)(=O)=O)ccc2I)c1.C[n+]1cc(C#Cc2cc(S(C)(=O)=O)ccc2I)cc(C#Cc2cc(S(C)(=O)=O)ccc2I)c1.[CH3-].[CH3-].[CH3-]. The first-order chi connectivity index (χ1) is 47.9. The van der Waals surface area contributed by atoms with Crippen LogP contribution in [0.3, 0.4) is 0 Å². The van der Waals surface area contributed by atoms with Gasteiger partial charge < -0.3 is 37.5 Å². The van der Waals surface area contributed by atoms with Gasteiger partial charge in [-0.05, 0) is 271 Å². The van der Waals surface area contributed by atoms with Crippen molar-refractivity contribution in [3.63, 3.8) is 0 Å². The lowest BCUT2D eigenvalue weighted by atomic mass is 10.1. The number of benzene rings is 6. The van der Waals surface area contributed by atoms with Crippen LogP contribution in [0.5, 0.6) is 0 Å². The van der Waals surface area contributed by atoms with Crippen LogP contribution in [0, 0.1) is 115 Å². The Kier molecular flexibility index (Phi) is 34.7. The van der Waals surface area contributed by atoms with Crippen molar-refractivity contribution in [3.05, 3.63) is 280 Å². The molecule has 9 rings (SSSR count). The van der Waals surface area contributed by atoms with Crippen LogP contribution in [0.4, 0.5) is 5.69 Å². The lowest BCUT2D eigenvalue weighted by Crippen LogP contribution is -2.28. The third-order valence-electron chi connectivity index (χ3n) is 13.7. The number of carbonyl (C=O) groups excluding carboxylic acids is 2. The highest BCUT2D eigenvalue weighted by Crippen LogP contribution is 2.24. The van der Waals surface area contributed by atoms with E-state index in [4.69, 9.17) is 15.2 Å². The van der Waals surface area contributed by atoms with Gasteiger partial charge in [-0.2, -0.15) is 0 Å². The van der Waals surface area contributed by atoms with Crippen molar-refractivity contribution >= 4 is 193 Å². The number of anilines is 1. The van der Waals surface area contributed by atoms with Crippen molar-refractivity contribution in [3.8, 4) is 71.0 Å². The zero-order valence-corrected chi connectivity index (χ0v) is 74.9. The minimum Gasteiger partial charge on any atom is -0.462 e. The van der Waals surface area contributed by atoms with E-state index in [1.54, 1.807) is 128 Å². The van der Waals surface area contributed by atoms with Gasteiger partial charge in [0.15, 0.2) is 76.5 Å². The Morgan fingerprint density at radius 2 is 0.543 bits per heavy atom. The second kappa shape index (κ2) is 40.3. The molecule has 6 aromatic carbocycles. The van der Waals surface area contributed by atoms with Crippen LogP contribution < -0.4 is 19.4 Å². The molecule has 3 aromatic heterocycles. The van der Waals surface area contributed by atoms with E-state index in [0.717, 1.165) is 56.2 Å². The maximum absolute atomic E-state index is 12.1. The molecule has 3 heterocycles. The molecule has 0 saturated heterocycles. The summed E-state index contributed by atoms with van der Waals surface area (Å²) in [5, 5.41) is 0. The second-order valence-electron chi connectivity index (χ2n) is 22.1. The standard InChI is InChI=1S/C28H22I2NO4.C24H18I2N2O4S2.C24H18I2NO4S2.3CH3/c1-4-34-27(32)23-10-12-25(29)21(15-23)8-6-19-14-20(18-31(3)17-19)7-9-22-16-24(11-13-26(22)30)28(33)35-5-2;1-28-14-18(6-4-16-12-20(33(2,29)30)8-10-22(16)25)24(27)19(15-28)7-5-17-13-21(34(3,31)32)9-11-23(17)26;1-27-15-17(4-6-19-13-21(32(2,28)29)8-10-23(19)25)12-18(16-27)5-7-20-14-22(33(3,30)31)9-11-24(20)26;;;/h10-18H,4-5H2,1-3H3;8-15,27H,1-3H3;8-16H,1-3H3;3*1H3/q+1;;+1;3*-1/p+1. The molecular formula is C79H68I6N4O12S4. The number of nitrogen functional groups attached to an aromatic ring is 1. The van der Waals surface area contributed by atoms with E-state index >= 15 is 0 Å². The minimum atomic E-state index is -3.35. The Hall–Kier alpha value is -6.95. The largest absolute Gasteiger partial charge is 0.462 e. The molecule has 0 unspecified atom stereocenters. The highest BCUT2D eigenvalue weighted by atomic mass is 127. The molecule has 542 valence electrons. The van der Waals surface area contributed by atoms with E-state index in [1.807, 2.05) is 79.3 Å². The highest BCUT2D eigenvalue weighted by molar-refractivity contribution is 14.1. The van der Waals surface area contributed by atoms with E-state index < -0.39 is 39.3 Å². The molecule has 105 heavy (non-hydrogen) atoms. The zero-order valence-electron chi connectivity index (χ0n) is 58.6. The van der Waals surface area contributed by atoms with Gasteiger partial charge in [0.2, 0.25) is 0 Å². The molecule has 2 N–H and O–H groups in total. The van der Waals surface area contributed by atoms with E-state index in [1.165, 1.54) is 12.5 Å². The van der Waals surface area contributed by atoms with Crippen LogP contribution in [0.1, 0.15) is 101 Å². The Morgan fingerprint density at radius 1 is 0.333 bits per heavy atom. The van der Waals surface area contributed by atoms with Gasteiger partial charge in [0.1, 0.15) is 32.3 Å². The number of esters is 2. The number of nitrogens with two attached hydrogens (primary N) is 1. The Balaban J connectivity index is 0.000000329. The van der Waals surface area contributed by atoms with Crippen molar-refractivity contribution in [2.24, 2.45) is 21.1 Å². The maximum Gasteiger partial charge on any atom is 0.338 e. The lowest BCUT2D eigenvalue weighted by Gasteiger charge is -2.03. The second-order valence-corrected chi connectivity index (χ2v) is 37.1. The van der Waals surface area contributed by atoms with Gasteiger partial charge in [-0.3, -0.25) is 0 Å². The van der Waals surface area contributed by atoms with Crippen LogP contribution in [0.25, 0.3) is 0 Å². The van der Waals surface area contributed by atoms with Gasteiger partial charge in [-0.15, -0.1) is 0 Å². The van der Waals surface area contributed by atoms with Crippen LogP contribution in [-0.2, 0) is 70.0 Å². The lowest BCUT2D eigenvalue weighted by molar-refractivity contribution is -0.671. The van der Waals surface area contributed by atoms with Crippen molar-refractivity contribution in [1.29, 1.82) is 0 Å². The number of nitrogens with zero attached hydrogens (tertiary/aromatic N) is 3. The number of hydrogen-bond donors (Lipinski definition) is 1. The summed E-state index contributed by atoms with van der Waals surface area (Å²) < 4.78 is 116. The number of aryl methyl sites for hydroxylation is 3. The van der Waals surface area contributed by atoms with E-state index in [-0.39, 0.29) is 53.8 Å². The number of rotatable bonds is 8. The molecule has 16 nitrogen and oxygen atoms in total. The first-order valence-electron chi connectivity index (χ1n) is 29.7. The number of halogens is 6. The topological polar surface area (TPSA) is 227 Å². The van der Waals surface area contributed by atoms with Crippen molar-refractivity contribution in [2.75, 3.05) is 44.0 Å². The molecule has 0 saturated carbocycles. The molecule has 0 bridgehead atoms. The maximum atomic E-state index is 12.1. The fourth-order valence-electron chi connectivity index (χ4n) is 8.71. The van der Waals surface area contributed by atoms with Crippen molar-refractivity contribution in [2.45, 2.75) is 33.4 Å². The van der Waals surface area contributed by atoms with Gasteiger partial charge in [-0.25, -0.2) is 57.0 Å². The molecule has 9 aromatic rings. The predicted octanol–water partition coefficient (Wildman–Crippen LogP) is 12.5. The van der Waals surface area contributed by atoms with Gasteiger partial charge in [0, 0.05) is 79.8 Å². The molecule has 0 aliphatic heterocycles. The summed E-state index contributed by atoms with van der Waals surface area (Å²) in [6.07, 6.45) is 15.7. The van der Waals surface area contributed by atoms with Gasteiger partial charge in [0.05, 0.1) is 71.9 Å². The molecule has 0 radical (unpaired) electrons. The summed E-state index contributed by atoms with van der Waals surface area (Å²) in [7, 11) is -7.76. The van der Waals surface area contributed by atoms with Crippen LogP contribution in [0.15, 0.2) is 178 Å². The quantitative estimate of drug-likeness (QED) is 0.0491. The van der Waals surface area contributed by atoms with Crippen LogP contribution in [0.2, 0.25) is 0 Å². The van der Waals surface area contributed by atoms with Crippen molar-refractivity contribution < 1.29 is 66.4 Å². The summed E-state index contributed by atoms with van der Waals surface area (Å²) in [5.74, 6) is 36.3. The fourth-order valence-corrected chi connectivity index (χ4v) is 14.1. The Labute approximate surface area is 699 Å². The third kappa shape index (κ3) is 27.3. The molecular weight excluding hydrogens is 2090 g/mol. The van der Waals surface area contributed by atoms with Crippen LogP contribution >= 0.6 is 136 Å². The number of hydrogen-bond acceptors (Lipinski definition) is 13. The minimum absolute atomic E-state index is 0. The number of sulfone groups is 4. The first-order valence-corrected chi connectivity index (χ1v) is 43.8. The monoisotopic (exact) mass is 2150 g/mol. The number of pyridine rings is 3. The highest BCUT2D eigenvalue weighted by Gasteiger charge is 2.17. The summed E-state index contributed by atoms with van der Waals surface area (Å²) in [5.41, 5.74) is 15.6. The average Bonchev–Trinajstić information content (AvgIpc) is 0.834. The molecule has 0 spiro atoms. The number of ether oxygens (including phenoxy) is 2. The molecule has 0 aliphatic rings. The van der Waals surface area contributed by atoms with E-state index in [2.05, 4.69) is 207 Å². The molecule has 0 fully saturated rings. The summed E-state index contributed by atoms with van der Waals surface area (Å²) >= 11 is 12.8. The summed E-state index contributed by atoms with van der Waals surface area (Å²) in [4.78, 5) is 25.0. The normalized spacial score (nSPS) is 10.4.